The van der Waals surface area contributed by atoms with Gasteiger partial charge in [-0.1, -0.05) is 17.9 Å². The van der Waals surface area contributed by atoms with Crippen molar-refractivity contribution in [2.45, 2.75) is 13.5 Å². The molecule has 2 aromatic heterocycles. The van der Waals surface area contributed by atoms with Gasteiger partial charge in [0.2, 0.25) is 5.13 Å². The lowest BCUT2D eigenvalue weighted by Gasteiger charge is -1.96. The molecule has 0 aliphatic rings. The lowest BCUT2D eigenvalue weighted by molar-refractivity contribution is 0.936. The minimum Gasteiger partial charge on any atom is -0.356 e. The summed E-state index contributed by atoms with van der Waals surface area (Å²) in [6.45, 7) is 6.25. The molecule has 0 aliphatic carbocycles. The Morgan fingerprint density at radius 2 is 2.47 bits per heavy atom. The van der Waals surface area contributed by atoms with Crippen LogP contribution in [0.3, 0.4) is 0 Å². The van der Waals surface area contributed by atoms with Crippen LogP contribution in [0.15, 0.2) is 19.0 Å². The summed E-state index contributed by atoms with van der Waals surface area (Å²) < 4.78 is 1.67. The summed E-state index contributed by atoms with van der Waals surface area (Å²) in [5.74, 6) is 0. The highest BCUT2D eigenvalue weighted by molar-refractivity contribution is 7.15. The molecule has 5 nitrogen and oxygen atoms in total. The van der Waals surface area contributed by atoms with Crippen molar-refractivity contribution in [1.29, 1.82) is 0 Å². The maximum atomic E-state index is 4.08. The first kappa shape index (κ1) is 9.85. The summed E-state index contributed by atoms with van der Waals surface area (Å²) in [6.07, 6.45) is 5.36. The zero-order valence-electron chi connectivity index (χ0n) is 8.34. The van der Waals surface area contributed by atoms with E-state index in [4.69, 9.17) is 0 Å². The molecule has 2 heterocycles. The Hall–Kier alpha value is -1.69. The molecule has 1 N–H and O–H groups in total. The van der Waals surface area contributed by atoms with Crippen LogP contribution in [0.2, 0.25) is 0 Å². The van der Waals surface area contributed by atoms with Crippen molar-refractivity contribution in [3.63, 3.8) is 0 Å². The minimum atomic E-state index is 0.697. The number of rotatable bonds is 4. The molecule has 0 spiro atoms. The van der Waals surface area contributed by atoms with Crippen molar-refractivity contribution >= 4 is 22.7 Å². The van der Waals surface area contributed by atoms with E-state index in [1.807, 2.05) is 13.1 Å². The SMILES string of the molecule is C=Cn1cc(CNc2nnc(C)s2)cn1. The van der Waals surface area contributed by atoms with E-state index in [1.165, 1.54) is 11.3 Å². The van der Waals surface area contributed by atoms with Crippen LogP contribution in [0, 0.1) is 6.92 Å². The summed E-state index contributed by atoms with van der Waals surface area (Å²) in [6, 6.07) is 0. The Bertz CT molecular complexity index is 459. The van der Waals surface area contributed by atoms with E-state index in [0.717, 1.165) is 15.7 Å². The van der Waals surface area contributed by atoms with Gasteiger partial charge in [0, 0.05) is 24.5 Å². The van der Waals surface area contributed by atoms with E-state index in [-0.39, 0.29) is 0 Å². The molecule has 0 radical (unpaired) electrons. The molecule has 6 heteroatoms. The first-order valence-electron chi connectivity index (χ1n) is 4.47. The Morgan fingerprint density at radius 3 is 3.07 bits per heavy atom. The van der Waals surface area contributed by atoms with Gasteiger partial charge in [-0.2, -0.15) is 5.10 Å². The van der Waals surface area contributed by atoms with Crippen LogP contribution in [0.4, 0.5) is 5.13 Å². The maximum Gasteiger partial charge on any atom is 0.205 e. The van der Waals surface area contributed by atoms with Crippen LogP contribution in [0.25, 0.3) is 6.20 Å². The number of nitrogens with zero attached hydrogens (tertiary/aromatic N) is 4. The van der Waals surface area contributed by atoms with Crippen LogP contribution >= 0.6 is 11.3 Å². The van der Waals surface area contributed by atoms with Gasteiger partial charge in [-0.25, -0.2) is 4.68 Å². The van der Waals surface area contributed by atoms with Crippen LogP contribution < -0.4 is 5.32 Å². The Balaban J connectivity index is 1.95. The fourth-order valence-electron chi connectivity index (χ4n) is 1.11. The summed E-state index contributed by atoms with van der Waals surface area (Å²) in [7, 11) is 0. The third kappa shape index (κ3) is 2.41. The van der Waals surface area contributed by atoms with Crippen LogP contribution in [0.1, 0.15) is 10.6 Å². The highest BCUT2D eigenvalue weighted by Gasteiger charge is 2.00. The molecule has 0 bridgehead atoms. The van der Waals surface area contributed by atoms with Gasteiger partial charge in [0.25, 0.3) is 0 Å². The topological polar surface area (TPSA) is 55.6 Å². The molecular weight excluding hydrogens is 210 g/mol. The van der Waals surface area contributed by atoms with E-state index in [0.29, 0.717) is 6.54 Å². The molecule has 0 unspecified atom stereocenters. The van der Waals surface area contributed by atoms with E-state index >= 15 is 0 Å². The summed E-state index contributed by atoms with van der Waals surface area (Å²) in [4.78, 5) is 0. The van der Waals surface area contributed by atoms with Crippen molar-refractivity contribution in [2.75, 3.05) is 5.32 Å². The molecular formula is C9H11N5S. The number of hydrogen-bond acceptors (Lipinski definition) is 5. The van der Waals surface area contributed by atoms with Gasteiger partial charge in [0.15, 0.2) is 0 Å². The third-order valence-corrected chi connectivity index (χ3v) is 2.61. The third-order valence-electron chi connectivity index (χ3n) is 1.81. The van der Waals surface area contributed by atoms with Gasteiger partial charge in [0.05, 0.1) is 6.20 Å². The summed E-state index contributed by atoms with van der Waals surface area (Å²) in [5, 5.41) is 16.9. The van der Waals surface area contributed by atoms with Crippen molar-refractivity contribution in [3.8, 4) is 0 Å². The Morgan fingerprint density at radius 1 is 1.60 bits per heavy atom. The molecule has 0 aliphatic heterocycles. The monoisotopic (exact) mass is 221 g/mol. The molecule has 0 saturated carbocycles. The summed E-state index contributed by atoms with van der Waals surface area (Å²) >= 11 is 1.54. The first-order valence-corrected chi connectivity index (χ1v) is 5.29. The average Bonchev–Trinajstić information content (AvgIpc) is 2.83. The molecule has 2 aromatic rings. The standard InChI is InChI=1S/C9H11N5S/c1-3-14-6-8(5-11-14)4-10-9-13-12-7(2)15-9/h3,5-6H,1,4H2,2H3,(H,10,13). The number of aryl methyl sites for hydroxylation is 1. The molecule has 0 amide bonds. The average molecular weight is 221 g/mol. The highest BCUT2D eigenvalue weighted by Crippen LogP contribution is 2.14. The number of aromatic nitrogens is 4. The van der Waals surface area contributed by atoms with E-state index in [2.05, 4.69) is 27.2 Å². The van der Waals surface area contributed by atoms with Gasteiger partial charge < -0.3 is 5.32 Å². The second-order valence-corrected chi connectivity index (χ2v) is 4.17. The highest BCUT2D eigenvalue weighted by atomic mass is 32.1. The van der Waals surface area contributed by atoms with Crippen molar-refractivity contribution in [2.24, 2.45) is 0 Å². The van der Waals surface area contributed by atoms with E-state index in [9.17, 15) is 0 Å². The Labute approximate surface area is 91.5 Å². The predicted octanol–water partition coefficient (Wildman–Crippen LogP) is 1.76. The van der Waals surface area contributed by atoms with Crippen LogP contribution in [-0.2, 0) is 6.54 Å². The molecule has 0 atom stereocenters. The number of anilines is 1. The number of nitrogens with one attached hydrogen (secondary N) is 1. The lowest BCUT2D eigenvalue weighted by Crippen LogP contribution is -1.97. The predicted molar refractivity (Wildman–Crippen MR) is 60.6 cm³/mol. The van der Waals surface area contributed by atoms with E-state index < -0.39 is 0 Å². The summed E-state index contributed by atoms with van der Waals surface area (Å²) in [5.41, 5.74) is 1.09. The normalized spacial score (nSPS) is 10.2. The molecule has 15 heavy (non-hydrogen) atoms. The van der Waals surface area contributed by atoms with Gasteiger partial charge >= 0.3 is 0 Å². The first-order chi connectivity index (χ1) is 7.28. The Kier molecular flexibility index (Phi) is 2.77. The second kappa shape index (κ2) is 4.22. The van der Waals surface area contributed by atoms with Gasteiger partial charge in [0.1, 0.15) is 5.01 Å². The second-order valence-electron chi connectivity index (χ2n) is 2.99. The minimum absolute atomic E-state index is 0.697. The van der Waals surface area contributed by atoms with Gasteiger partial charge in [-0.05, 0) is 6.92 Å². The molecule has 2 rings (SSSR count). The van der Waals surface area contributed by atoms with Gasteiger partial charge in [-0.3, -0.25) is 0 Å². The fourth-order valence-corrected chi connectivity index (χ4v) is 1.70. The molecule has 0 fully saturated rings. The molecule has 0 saturated heterocycles. The van der Waals surface area contributed by atoms with Gasteiger partial charge in [-0.15, -0.1) is 10.2 Å². The van der Waals surface area contributed by atoms with E-state index in [1.54, 1.807) is 17.1 Å². The smallest absolute Gasteiger partial charge is 0.205 e. The zero-order valence-corrected chi connectivity index (χ0v) is 9.16. The van der Waals surface area contributed by atoms with Crippen LogP contribution in [-0.4, -0.2) is 20.0 Å². The molecule has 0 aromatic carbocycles. The maximum absolute atomic E-state index is 4.08. The molecule has 78 valence electrons. The quantitative estimate of drug-likeness (QED) is 0.854. The van der Waals surface area contributed by atoms with Crippen molar-refractivity contribution in [3.05, 3.63) is 29.5 Å². The van der Waals surface area contributed by atoms with Crippen LogP contribution in [0.5, 0.6) is 0 Å². The zero-order chi connectivity index (χ0) is 10.7. The van der Waals surface area contributed by atoms with Crippen molar-refractivity contribution in [1.82, 2.24) is 20.0 Å². The fraction of sp³-hybridized carbons (Fsp3) is 0.222. The van der Waals surface area contributed by atoms with Crippen molar-refractivity contribution < 1.29 is 0 Å². The lowest BCUT2D eigenvalue weighted by atomic mass is 10.4. The number of hydrogen-bond donors (Lipinski definition) is 1. The largest absolute Gasteiger partial charge is 0.356 e.